The van der Waals surface area contributed by atoms with Crippen molar-refractivity contribution in [2.75, 3.05) is 20.3 Å². The molecule has 8 nitrogen and oxygen atoms in total. The summed E-state index contributed by atoms with van der Waals surface area (Å²) in [5.41, 5.74) is 3.42. The summed E-state index contributed by atoms with van der Waals surface area (Å²) in [5.74, 6) is 0.723. The number of esters is 1. The van der Waals surface area contributed by atoms with Gasteiger partial charge in [-0.3, -0.25) is 4.79 Å². The van der Waals surface area contributed by atoms with Gasteiger partial charge >= 0.3 is 5.97 Å². The summed E-state index contributed by atoms with van der Waals surface area (Å²) in [6, 6.07) is 26.1. The van der Waals surface area contributed by atoms with Gasteiger partial charge in [-0.05, 0) is 47.7 Å². The number of fused-ring (bicyclic) bond motifs is 1. The normalized spacial score (nSPS) is 16.0. The van der Waals surface area contributed by atoms with Gasteiger partial charge < -0.3 is 24.4 Å². The smallest absolute Gasteiger partial charge is 0.338 e. The van der Waals surface area contributed by atoms with Crippen molar-refractivity contribution in [3.8, 4) is 11.5 Å². The number of aliphatic imine (C=N–C) groups is 1. The second-order valence-corrected chi connectivity index (χ2v) is 10.3. The van der Waals surface area contributed by atoms with Gasteiger partial charge in [-0.1, -0.05) is 72.4 Å². The van der Waals surface area contributed by atoms with Crippen LogP contribution in [0.2, 0.25) is 0 Å². The molecule has 2 heterocycles. The van der Waals surface area contributed by atoms with Gasteiger partial charge in [-0.15, -0.1) is 0 Å². The van der Waals surface area contributed by atoms with Gasteiger partial charge in [0.05, 0.1) is 30.3 Å². The predicted octanol–water partition coefficient (Wildman–Crippen LogP) is 5.95. The van der Waals surface area contributed by atoms with Crippen LogP contribution >= 0.6 is 11.8 Å². The lowest BCUT2D eigenvalue weighted by Crippen LogP contribution is -2.38. The van der Waals surface area contributed by atoms with Crippen molar-refractivity contribution < 1.29 is 23.8 Å². The number of hydrogen-bond acceptors (Lipinski definition) is 8. The van der Waals surface area contributed by atoms with Crippen LogP contribution in [0.25, 0.3) is 0 Å². The lowest BCUT2D eigenvalue weighted by Gasteiger charge is -2.36. The molecule has 2 aliphatic rings. The average Bonchev–Trinajstić information content (AvgIpc) is 3.38. The second kappa shape index (κ2) is 13.3. The van der Waals surface area contributed by atoms with Crippen molar-refractivity contribution in [2.45, 2.75) is 26.0 Å². The third-order valence-corrected chi connectivity index (χ3v) is 7.44. The highest BCUT2D eigenvalue weighted by molar-refractivity contribution is 8.16. The largest absolute Gasteiger partial charge is 0.457 e. The van der Waals surface area contributed by atoms with E-state index < -0.39 is 12.0 Å². The summed E-state index contributed by atoms with van der Waals surface area (Å²) in [6.07, 6.45) is 0.123. The number of thioether (sulfide) groups is 1. The molecule has 0 spiro atoms. The Bertz CT molecular complexity index is 1490. The average molecular weight is 570 g/mol. The fourth-order valence-corrected chi connectivity index (χ4v) is 5.60. The fraction of sp³-hybridized carbons (Fsp3) is 0.219. The fourth-order valence-electron chi connectivity index (χ4n) is 4.64. The number of methoxy groups -OCH3 is 1. The van der Waals surface area contributed by atoms with Crippen LogP contribution in [0.4, 0.5) is 0 Å². The summed E-state index contributed by atoms with van der Waals surface area (Å²) in [7, 11) is 1.59. The zero-order chi connectivity index (χ0) is 28.6. The van der Waals surface area contributed by atoms with Gasteiger partial charge in [0.2, 0.25) is 5.91 Å². The Labute approximate surface area is 243 Å². The van der Waals surface area contributed by atoms with E-state index in [9.17, 15) is 9.59 Å². The molecule has 5 rings (SSSR count). The Kier molecular flexibility index (Phi) is 9.18. The van der Waals surface area contributed by atoms with E-state index in [-0.39, 0.29) is 18.9 Å². The van der Waals surface area contributed by atoms with Gasteiger partial charge in [-0.25, -0.2) is 9.79 Å². The first-order valence-electron chi connectivity index (χ1n) is 13.3. The Morgan fingerprint density at radius 3 is 2.46 bits per heavy atom. The highest BCUT2D eigenvalue weighted by Crippen LogP contribution is 2.45. The third-order valence-electron chi connectivity index (χ3n) is 6.56. The molecule has 210 valence electrons. The third kappa shape index (κ3) is 6.87. The zero-order valence-corrected chi connectivity index (χ0v) is 23.7. The number of nitrogens with one attached hydrogen (secondary N) is 1. The van der Waals surface area contributed by atoms with Crippen molar-refractivity contribution in [1.82, 2.24) is 10.2 Å². The number of carbonyl (C=O) groups is 2. The van der Waals surface area contributed by atoms with E-state index in [1.807, 2.05) is 102 Å². The summed E-state index contributed by atoms with van der Waals surface area (Å²) < 4.78 is 17.0. The second-order valence-electron chi connectivity index (χ2n) is 9.46. The van der Waals surface area contributed by atoms with Gasteiger partial charge in [-0.2, -0.15) is 0 Å². The molecule has 1 unspecified atom stereocenters. The lowest BCUT2D eigenvalue weighted by atomic mass is 9.93. The minimum absolute atomic E-state index is 0.123. The number of carbonyl (C=O) groups excluding carboxylic acids is 2. The molecule has 0 bridgehead atoms. The molecule has 1 amide bonds. The Morgan fingerprint density at radius 1 is 0.976 bits per heavy atom. The first-order valence-corrected chi connectivity index (χ1v) is 14.2. The van der Waals surface area contributed by atoms with Crippen LogP contribution in [-0.2, 0) is 25.7 Å². The molecule has 3 aromatic carbocycles. The molecule has 0 aromatic heterocycles. The van der Waals surface area contributed by atoms with Gasteiger partial charge in [0, 0.05) is 19.4 Å². The lowest BCUT2D eigenvalue weighted by molar-refractivity contribution is -0.141. The number of amides is 1. The van der Waals surface area contributed by atoms with Gasteiger partial charge in [0.15, 0.2) is 5.17 Å². The quantitative estimate of drug-likeness (QED) is 0.225. The minimum Gasteiger partial charge on any atom is -0.457 e. The monoisotopic (exact) mass is 569 g/mol. The minimum atomic E-state index is -0.571. The number of para-hydroxylation sites is 1. The SMILES string of the molecule is COCCNC(=O)CC1=CSC2=NC(C)=C(C(=O)OCc3ccccc3)C(c3cccc(Oc4ccccc4)c3)N12. The maximum absolute atomic E-state index is 13.7. The molecule has 0 saturated heterocycles. The van der Waals surface area contributed by atoms with Gasteiger partial charge in [0.25, 0.3) is 0 Å². The zero-order valence-electron chi connectivity index (χ0n) is 22.9. The van der Waals surface area contributed by atoms with E-state index in [0.717, 1.165) is 16.8 Å². The molecule has 0 aliphatic carbocycles. The maximum atomic E-state index is 13.7. The van der Waals surface area contributed by atoms with Crippen LogP contribution in [-0.4, -0.2) is 42.2 Å². The summed E-state index contributed by atoms with van der Waals surface area (Å²) in [6.45, 7) is 2.79. The summed E-state index contributed by atoms with van der Waals surface area (Å²) in [4.78, 5) is 33.2. The number of nitrogens with zero attached hydrogens (tertiary/aromatic N) is 2. The van der Waals surface area contributed by atoms with E-state index in [1.165, 1.54) is 11.8 Å². The molecule has 2 aliphatic heterocycles. The molecule has 9 heteroatoms. The number of benzene rings is 3. The van der Waals surface area contributed by atoms with Crippen molar-refractivity contribution in [1.29, 1.82) is 0 Å². The molecule has 1 atom stereocenters. The molecule has 0 saturated carbocycles. The summed E-state index contributed by atoms with van der Waals surface area (Å²) >= 11 is 1.43. The van der Waals surface area contributed by atoms with Crippen LogP contribution in [0.1, 0.15) is 30.5 Å². The topological polar surface area (TPSA) is 89.5 Å². The Balaban J connectivity index is 1.47. The highest BCUT2D eigenvalue weighted by atomic mass is 32.2. The molecule has 3 aromatic rings. The van der Waals surface area contributed by atoms with Crippen molar-refractivity contribution in [3.63, 3.8) is 0 Å². The Morgan fingerprint density at radius 2 is 1.71 bits per heavy atom. The standard InChI is InChI=1S/C32H31N3O5S/c1-22-29(31(37)39-20-23-10-5-3-6-11-23)30(24-12-9-15-27(18-24)40-26-13-7-4-8-14-26)35-25(21-41-32(35)34-22)19-28(36)33-16-17-38-2/h3-15,18,21,30H,16-17,19-20H2,1-2H3,(H,33,36). The number of allylic oxidation sites excluding steroid dienone is 1. The van der Waals surface area contributed by atoms with Crippen LogP contribution in [0.5, 0.6) is 11.5 Å². The van der Waals surface area contributed by atoms with Crippen molar-refractivity contribution >= 4 is 28.8 Å². The Hall–Kier alpha value is -4.34. The predicted molar refractivity (Wildman–Crippen MR) is 159 cm³/mol. The van der Waals surface area contributed by atoms with Crippen LogP contribution in [0.3, 0.4) is 0 Å². The van der Waals surface area contributed by atoms with E-state index >= 15 is 0 Å². The molecule has 0 fully saturated rings. The van der Waals surface area contributed by atoms with Crippen molar-refractivity contribution in [3.05, 3.63) is 118 Å². The van der Waals surface area contributed by atoms with E-state index in [1.54, 1.807) is 7.11 Å². The summed E-state index contributed by atoms with van der Waals surface area (Å²) in [5, 5.41) is 5.48. The van der Waals surface area contributed by atoms with E-state index in [2.05, 4.69) is 5.32 Å². The van der Waals surface area contributed by atoms with Crippen LogP contribution in [0, 0.1) is 0 Å². The van der Waals surface area contributed by atoms with Crippen molar-refractivity contribution in [2.24, 2.45) is 4.99 Å². The number of ether oxygens (including phenoxy) is 3. The van der Waals surface area contributed by atoms with Gasteiger partial charge in [0.1, 0.15) is 18.1 Å². The molecule has 0 radical (unpaired) electrons. The van der Waals surface area contributed by atoms with E-state index in [4.69, 9.17) is 19.2 Å². The molecular formula is C32H31N3O5S. The number of amidine groups is 1. The molecule has 1 N–H and O–H groups in total. The first kappa shape index (κ1) is 28.2. The van der Waals surface area contributed by atoms with Crippen LogP contribution < -0.4 is 10.1 Å². The van der Waals surface area contributed by atoms with E-state index in [0.29, 0.717) is 41.1 Å². The first-order chi connectivity index (χ1) is 20.0. The molecule has 41 heavy (non-hydrogen) atoms. The number of hydrogen-bond donors (Lipinski definition) is 1. The molecular weight excluding hydrogens is 538 g/mol. The highest BCUT2D eigenvalue weighted by Gasteiger charge is 2.41. The van der Waals surface area contributed by atoms with Crippen LogP contribution in [0.15, 0.2) is 112 Å². The number of rotatable bonds is 11. The maximum Gasteiger partial charge on any atom is 0.338 e.